The number of hydrogen-bond donors (Lipinski definition) is 2. The maximum Gasteiger partial charge on any atom is 0.409 e. The van der Waals surface area contributed by atoms with Gasteiger partial charge in [-0.3, -0.25) is 9.59 Å². The van der Waals surface area contributed by atoms with Crippen molar-refractivity contribution in [1.29, 1.82) is 0 Å². The molecule has 1 rings (SSSR count). The van der Waals surface area contributed by atoms with Gasteiger partial charge in [0.25, 0.3) is 0 Å². The van der Waals surface area contributed by atoms with E-state index in [-0.39, 0.29) is 24.8 Å². The fourth-order valence-electron chi connectivity index (χ4n) is 1.96. The van der Waals surface area contributed by atoms with E-state index in [0.29, 0.717) is 32.8 Å². The quantitative estimate of drug-likeness (QED) is 0.703. The predicted octanol–water partition coefficient (Wildman–Crippen LogP) is -0.521. The fraction of sp³-hybridized carbons (Fsp3) is 0.750. The number of nitrogens with zero attached hydrogens (tertiary/aromatic N) is 2. The van der Waals surface area contributed by atoms with E-state index in [9.17, 15) is 14.4 Å². The van der Waals surface area contributed by atoms with Gasteiger partial charge in [0.15, 0.2) is 0 Å². The monoisotopic (exact) mass is 287 g/mol. The molecular weight excluding hydrogens is 266 g/mol. The molecule has 20 heavy (non-hydrogen) atoms. The summed E-state index contributed by atoms with van der Waals surface area (Å²) < 4.78 is 4.88. The lowest BCUT2D eigenvalue weighted by Crippen LogP contribution is -2.54. The lowest BCUT2D eigenvalue weighted by atomic mass is 10.1. The first-order valence-electron chi connectivity index (χ1n) is 6.63. The van der Waals surface area contributed by atoms with E-state index in [2.05, 4.69) is 0 Å². The second-order valence-corrected chi connectivity index (χ2v) is 4.55. The number of carboxylic acid groups (broad SMARTS) is 1. The molecule has 1 atom stereocenters. The third-order valence-corrected chi connectivity index (χ3v) is 3.10. The van der Waals surface area contributed by atoms with Gasteiger partial charge in [0, 0.05) is 32.6 Å². The Morgan fingerprint density at radius 2 is 1.75 bits per heavy atom. The lowest BCUT2D eigenvalue weighted by Gasteiger charge is -2.35. The number of rotatable bonds is 5. The van der Waals surface area contributed by atoms with Gasteiger partial charge < -0.3 is 25.4 Å². The Kier molecular flexibility index (Phi) is 6.23. The van der Waals surface area contributed by atoms with E-state index in [0.717, 1.165) is 0 Å². The fourth-order valence-corrected chi connectivity index (χ4v) is 1.96. The van der Waals surface area contributed by atoms with Crippen molar-refractivity contribution in [2.45, 2.75) is 25.8 Å². The summed E-state index contributed by atoms with van der Waals surface area (Å²) >= 11 is 0. The number of amides is 2. The van der Waals surface area contributed by atoms with Gasteiger partial charge in [-0.05, 0) is 13.3 Å². The summed E-state index contributed by atoms with van der Waals surface area (Å²) in [6, 6.07) is -0.805. The Labute approximate surface area is 117 Å². The molecular formula is C12H21N3O5. The SMILES string of the molecule is CCOC(=O)N1CCN(C(=O)[C@@H](N)CCC(=O)O)CC1. The summed E-state index contributed by atoms with van der Waals surface area (Å²) in [6.45, 7) is 3.63. The molecule has 0 aromatic rings. The van der Waals surface area contributed by atoms with Crippen LogP contribution < -0.4 is 5.73 Å². The Morgan fingerprint density at radius 1 is 1.20 bits per heavy atom. The van der Waals surface area contributed by atoms with Gasteiger partial charge in [-0.2, -0.15) is 0 Å². The van der Waals surface area contributed by atoms with Crippen LogP contribution in [0.4, 0.5) is 4.79 Å². The van der Waals surface area contributed by atoms with Crippen LogP contribution in [0.25, 0.3) is 0 Å². The maximum atomic E-state index is 12.0. The van der Waals surface area contributed by atoms with Crippen LogP contribution >= 0.6 is 0 Å². The Balaban J connectivity index is 2.38. The first-order chi connectivity index (χ1) is 9.45. The standard InChI is InChI=1S/C12H21N3O5/c1-2-20-12(19)15-7-5-14(6-8-15)11(18)9(13)3-4-10(16)17/h9H,2-8,13H2,1H3,(H,16,17)/t9-/m0/s1. The third kappa shape index (κ3) is 4.69. The summed E-state index contributed by atoms with van der Waals surface area (Å²) in [6.07, 6.45) is -0.392. The van der Waals surface area contributed by atoms with Crippen LogP contribution in [-0.4, -0.2) is 71.7 Å². The summed E-state index contributed by atoms with van der Waals surface area (Å²) in [4.78, 5) is 37.0. The molecule has 3 N–H and O–H groups in total. The average Bonchev–Trinajstić information content (AvgIpc) is 2.44. The van der Waals surface area contributed by atoms with Gasteiger partial charge in [0.2, 0.25) is 5.91 Å². The molecule has 0 aromatic heterocycles. The molecule has 0 aromatic carbocycles. The molecule has 1 heterocycles. The molecule has 1 aliphatic heterocycles. The molecule has 0 spiro atoms. The molecule has 1 saturated heterocycles. The molecule has 2 amide bonds. The highest BCUT2D eigenvalue weighted by atomic mass is 16.6. The first kappa shape index (κ1) is 16.2. The topological polar surface area (TPSA) is 113 Å². The number of aliphatic carboxylic acids is 1. The van der Waals surface area contributed by atoms with Crippen molar-refractivity contribution in [2.75, 3.05) is 32.8 Å². The van der Waals surface area contributed by atoms with E-state index in [1.807, 2.05) is 0 Å². The van der Waals surface area contributed by atoms with E-state index in [4.69, 9.17) is 15.6 Å². The normalized spacial score (nSPS) is 16.7. The van der Waals surface area contributed by atoms with Gasteiger partial charge in [-0.25, -0.2) is 4.79 Å². The van der Waals surface area contributed by atoms with Crippen LogP contribution in [0.5, 0.6) is 0 Å². The van der Waals surface area contributed by atoms with Crippen LogP contribution in [0.1, 0.15) is 19.8 Å². The van der Waals surface area contributed by atoms with Crippen LogP contribution in [0.2, 0.25) is 0 Å². The molecule has 0 bridgehead atoms. The van der Waals surface area contributed by atoms with E-state index in [1.54, 1.807) is 11.8 Å². The molecule has 8 nitrogen and oxygen atoms in total. The van der Waals surface area contributed by atoms with Gasteiger partial charge >= 0.3 is 12.1 Å². The van der Waals surface area contributed by atoms with Gasteiger partial charge in [0.1, 0.15) is 0 Å². The number of hydrogen-bond acceptors (Lipinski definition) is 5. The summed E-state index contributed by atoms with van der Waals surface area (Å²) in [5.41, 5.74) is 5.68. The number of piperazine rings is 1. The van der Waals surface area contributed by atoms with Crippen LogP contribution in [0.3, 0.4) is 0 Å². The minimum Gasteiger partial charge on any atom is -0.481 e. The van der Waals surface area contributed by atoms with Crippen LogP contribution in [-0.2, 0) is 14.3 Å². The summed E-state index contributed by atoms with van der Waals surface area (Å²) in [5.74, 6) is -1.24. The lowest BCUT2D eigenvalue weighted by molar-refractivity contribution is -0.138. The molecule has 0 saturated carbocycles. The average molecular weight is 287 g/mol. The predicted molar refractivity (Wildman–Crippen MR) is 70.0 cm³/mol. The zero-order valence-corrected chi connectivity index (χ0v) is 11.6. The number of carboxylic acids is 1. The highest BCUT2D eigenvalue weighted by molar-refractivity contribution is 5.82. The van der Waals surface area contributed by atoms with Crippen molar-refractivity contribution in [3.8, 4) is 0 Å². The van der Waals surface area contributed by atoms with Crippen LogP contribution in [0, 0.1) is 0 Å². The van der Waals surface area contributed by atoms with E-state index in [1.165, 1.54) is 4.90 Å². The largest absolute Gasteiger partial charge is 0.481 e. The highest BCUT2D eigenvalue weighted by Crippen LogP contribution is 2.07. The number of carbonyl (C=O) groups is 3. The molecule has 0 aliphatic carbocycles. The van der Waals surface area contributed by atoms with Crippen molar-refractivity contribution in [1.82, 2.24) is 9.80 Å². The summed E-state index contributed by atoms with van der Waals surface area (Å²) in [5, 5.41) is 8.56. The Morgan fingerprint density at radius 3 is 2.25 bits per heavy atom. The zero-order valence-electron chi connectivity index (χ0n) is 11.6. The molecule has 1 fully saturated rings. The molecule has 1 aliphatic rings. The minimum absolute atomic E-state index is 0.117. The minimum atomic E-state index is -0.972. The Bertz CT molecular complexity index is 366. The van der Waals surface area contributed by atoms with Crippen molar-refractivity contribution >= 4 is 18.0 Å². The molecule has 0 radical (unpaired) electrons. The van der Waals surface area contributed by atoms with E-state index >= 15 is 0 Å². The zero-order chi connectivity index (χ0) is 15.1. The number of carbonyl (C=O) groups excluding carboxylic acids is 2. The second-order valence-electron chi connectivity index (χ2n) is 4.55. The van der Waals surface area contributed by atoms with Crippen LogP contribution in [0.15, 0.2) is 0 Å². The number of nitrogens with two attached hydrogens (primary N) is 1. The van der Waals surface area contributed by atoms with Crippen molar-refractivity contribution in [3.05, 3.63) is 0 Å². The Hall–Kier alpha value is -1.83. The van der Waals surface area contributed by atoms with Gasteiger partial charge in [-0.15, -0.1) is 0 Å². The highest BCUT2D eigenvalue weighted by Gasteiger charge is 2.27. The second kappa shape index (κ2) is 7.68. The summed E-state index contributed by atoms with van der Waals surface area (Å²) in [7, 11) is 0. The maximum absolute atomic E-state index is 12.0. The number of ether oxygens (including phenoxy) is 1. The van der Waals surface area contributed by atoms with Crippen molar-refractivity contribution in [2.24, 2.45) is 5.73 Å². The van der Waals surface area contributed by atoms with Crippen molar-refractivity contribution < 1.29 is 24.2 Å². The molecule has 0 unspecified atom stereocenters. The van der Waals surface area contributed by atoms with Gasteiger partial charge in [0.05, 0.1) is 12.6 Å². The molecule has 114 valence electrons. The van der Waals surface area contributed by atoms with Gasteiger partial charge in [-0.1, -0.05) is 0 Å². The van der Waals surface area contributed by atoms with E-state index < -0.39 is 12.0 Å². The van der Waals surface area contributed by atoms with Crippen molar-refractivity contribution in [3.63, 3.8) is 0 Å². The third-order valence-electron chi connectivity index (χ3n) is 3.10. The first-order valence-corrected chi connectivity index (χ1v) is 6.63. The smallest absolute Gasteiger partial charge is 0.409 e. The molecule has 8 heteroatoms.